The van der Waals surface area contributed by atoms with Gasteiger partial charge in [-0.2, -0.15) is 0 Å². The Bertz CT molecular complexity index is 325. The predicted octanol–water partition coefficient (Wildman–Crippen LogP) is 0.731. The highest BCUT2D eigenvalue weighted by atomic mass is 16.5. The van der Waals surface area contributed by atoms with E-state index < -0.39 is 5.54 Å². The van der Waals surface area contributed by atoms with Gasteiger partial charge < -0.3 is 20.7 Å². The van der Waals surface area contributed by atoms with Crippen LogP contribution in [0.25, 0.3) is 0 Å². The second kappa shape index (κ2) is 6.87. The summed E-state index contributed by atoms with van der Waals surface area (Å²) in [6.45, 7) is 5.72. The Morgan fingerprint density at radius 2 is 2.00 bits per heavy atom. The topological polar surface area (TPSA) is 67.6 Å². The van der Waals surface area contributed by atoms with Crippen LogP contribution in [-0.2, 0) is 9.53 Å². The van der Waals surface area contributed by atoms with E-state index >= 15 is 0 Å². The maximum absolute atomic E-state index is 12.1. The highest BCUT2D eigenvalue weighted by Gasteiger charge is 2.50. The zero-order chi connectivity index (χ0) is 14.6. The molecule has 1 saturated heterocycles. The Labute approximate surface area is 122 Å². The summed E-state index contributed by atoms with van der Waals surface area (Å²) in [6.07, 6.45) is 5.72. The summed E-state index contributed by atoms with van der Waals surface area (Å²) in [4.78, 5) is 14.5. The summed E-state index contributed by atoms with van der Waals surface area (Å²) in [5.41, 5.74) is 5.25. The minimum absolute atomic E-state index is 0.178. The molecule has 0 radical (unpaired) electrons. The number of primary amides is 1. The summed E-state index contributed by atoms with van der Waals surface area (Å²) < 4.78 is 5.41. The maximum Gasteiger partial charge on any atom is 0.239 e. The Morgan fingerprint density at radius 3 is 2.45 bits per heavy atom. The third-order valence-electron chi connectivity index (χ3n) is 4.75. The van der Waals surface area contributed by atoms with Crippen molar-refractivity contribution in [2.24, 2.45) is 11.7 Å². The molecule has 2 aliphatic rings. The van der Waals surface area contributed by atoms with Crippen molar-refractivity contribution in [1.82, 2.24) is 10.2 Å². The molecule has 116 valence electrons. The number of carbonyl (C=O) groups is 1. The van der Waals surface area contributed by atoms with Gasteiger partial charge in [0.1, 0.15) is 5.54 Å². The molecule has 1 aliphatic heterocycles. The lowest BCUT2D eigenvalue weighted by molar-refractivity contribution is -0.126. The standard InChI is InChI=1S/C15H29N3O2/c1-3-8-17-15(14(16)19,12-4-5-12)11-18-9-6-13(20-2)7-10-18/h12-13,17H,3-11H2,1-2H3,(H2,16,19). The fourth-order valence-corrected chi connectivity index (χ4v) is 3.28. The van der Waals surface area contributed by atoms with Gasteiger partial charge in [-0.15, -0.1) is 0 Å². The summed E-state index contributed by atoms with van der Waals surface area (Å²) in [5.74, 6) is 0.244. The predicted molar refractivity (Wildman–Crippen MR) is 79.4 cm³/mol. The number of ether oxygens (including phenoxy) is 1. The van der Waals surface area contributed by atoms with E-state index in [9.17, 15) is 4.79 Å². The number of methoxy groups -OCH3 is 1. The van der Waals surface area contributed by atoms with Crippen molar-refractivity contribution in [2.75, 3.05) is 33.3 Å². The molecule has 3 N–H and O–H groups in total. The molecule has 0 spiro atoms. The first-order valence-electron chi connectivity index (χ1n) is 7.92. The van der Waals surface area contributed by atoms with Gasteiger partial charge in [-0.3, -0.25) is 4.79 Å². The van der Waals surface area contributed by atoms with Crippen molar-refractivity contribution in [1.29, 1.82) is 0 Å². The number of rotatable bonds is 8. The highest BCUT2D eigenvalue weighted by Crippen LogP contribution is 2.40. The van der Waals surface area contributed by atoms with Crippen molar-refractivity contribution in [3.63, 3.8) is 0 Å². The molecule has 1 saturated carbocycles. The number of likely N-dealkylation sites (tertiary alicyclic amines) is 1. The average molecular weight is 283 g/mol. The molecule has 0 aromatic heterocycles. The fraction of sp³-hybridized carbons (Fsp3) is 0.933. The van der Waals surface area contributed by atoms with Gasteiger partial charge >= 0.3 is 0 Å². The van der Waals surface area contributed by atoms with Crippen LogP contribution in [0.4, 0.5) is 0 Å². The minimum Gasteiger partial charge on any atom is -0.381 e. The van der Waals surface area contributed by atoms with Crippen molar-refractivity contribution in [3.05, 3.63) is 0 Å². The van der Waals surface area contributed by atoms with Gasteiger partial charge in [0.15, 0.2) is 0 Å². The molecular formula is C15H29N3O2. The number of nitrogens with zero attached hydrogens (tertiary/aromatic N) is 1. The van der Waals surface area contributed by atoms with Crippen LogP contribution in [0.15, 0.2) is 0 Å². The molecule has 0 aromatic carbocycles. The number of nitrogens with two attached hydrogens (primary N) is 1. The minimum atomic E-state index is -0.518. The molecule has 5 heteroatoms. The van der Waals surface area contributed by atoms with Crippen LogP contribution in [-0.4, -0.2) is 55.7 Å². The van der Waals surface area contributed by atoms with E-state index in [-0.39, 0.29) is 5.91 Å². The lowest BCUT2D eigenvalue weighted by Crippen LogP contribution is -2.64. The van der Waals surface area contributed by atoms with E-state index in [1.165, 1.54) is 0 Å². The number of hydrogen-bond acceptors (Lipinski definition) is 4. The third kappa shape index (κ3) is 3.51. The van der Waals surface area contributed by atoms with Crippen LogP contribution in [0.3, 0.4) is 0 Å². The van der Waals surface area contributed by atoms with Gasteiger partial charge in [-0.1, -0.05) is 6.92 Å². The van der Waals surface area contributed by atoms with E-state index in [0.29, 0.717) is 12.0 Å². The molecule has 0 aromatic rings. The van der Waals surface area contributed by atoms with E-state index in [2.05, 4.69) is 17.1 Å². The molecular weight excluding hydrogens is 254 g/mol. The molecule has 0 bridgehead atoms. The number of piperidine rings is 1. The molecule has 1 amide bonds. The zero-order valence-corrected chi connectivity index (χ0v) is 12.9. The number of amides is 1. The Kier molecular flexibility index (Phi) is 5.41. The number of carbonyl (C=O) groups excluding carboxylic acids is 1. The number of hydrogen-bond donors (Lipinski definition) is 2. The van der Waals surface area contributed by atoms with Gasteiger partial charge in [-0.25, -0.2) is 0 Å². The maximum atomic E-state index is 12.1. The van der Waals surface area contributed by atoms with Gasteiger partial charge in [0, 0.05) is 26.7 Å². The Morgan fingerprint density at radius 1 is 1.35 bits per heavy atom. The van der Waals surface area contributed by atoms with Crippen LogP contribution in [0.2, 0.25) is 0 Å². The Balaban J connectivity index is 1.98. The second-order valence-electron chi connectivity index (χ2n) is 6.25. The fourth-order valence-electron chi connectivity index (χ4n) is 3.28. The summed E-state index contributed by atoms with van der Waals surface area (Å²) in [7, 11) is 1.78. The molecule has 1 unspecified atom stereocenters. The van der Waals surface area contributed by atoms with E-state index in [0.717, 1.165) is 58.3 Å². The van der Waals surface area contributed by atoms with E-state index in [4.69, 9.17) is 10.5 Å². The number of nitrogens with one attached hydrogen (secondary N) is 1. The van der Waals surface area contributed by atoms with Crippen molar-refractivity contribution in [2.45, 2.75) is 50.7 Å². The quantitative estimate of drug-likeness (QED) is 0.689. The summed E-state index contributed by atoms with van der Waals surface area (Å²) >= 11 is 0. The van der Waals surface area contributed by atoms with Crippen LogP contribution < -0.4 is 11.1 Å². The molecule has 5 nitrogen and oxygen atoms in total. The van der Waals surface area contributed by atoms with Crippen molar-refractivity contribution in [3.8, 4) is 0 Å². The van der Waals surface area contributed by atoms with Gasteiger partial charge in [0.05, 0.1) is 6.10 Å². The van der Waals surface area contributed by atoms with E-state index in [1.54, 1.807) is 7.11 Å². The zero-order valence-electron chi connectivity index (χ0n) is 12.9. The normalized spacial score (nSPS) is 24.5. The van der Waals surface area contributed by atoms with Gasteiger partial charge in [0.2, 0.25) is 5.91 Å². The van der Waals surface area contributed by atoms with Crippen LogP contribution in [0.5, 0.6) is 0 Å². The molecule has 2 rings (SSSR count). The van der Waals surface area contributed by atoms with Crippen molar-refractivity contribution >= 4 is 5.91 Å². The SMILES string of the molecule is CCCNC(CN1CCC(OC)CC1)(C(N)=O)C1CC1. The van der Waals surface area contributed by atoms with Crippen LogP contribution >= 0.6 is 0 Å². The summed E-state index contributed by atoms with van der Waals surface area (Å²) in [6, 6.07) is 0. The molecule has 1 aliphatic carbocycles. The molecule has 1 heterocycles. The molecule has 20 heavy (non-hydrogen) atoms. The van der Waals surface area contributed by atoms with Crippen LogP contribution in [0.1, 0.15) is 39.0 Å². The largest absolute Gasteiger partial charge is 0.381 e. The highest BCUT2D eigenvalue weighted by molar-refractivity contribution is 5.86. The smallest absolute Gasteiger partial charge is 0.239 e. The lowest BCUT2D eigenvalue weighted by atomic mass is 9.90. The van der Waals surface area contributed by atoms with Crippen molar-refractivity contribution < 1.29 is 9.53 Å². The van der Waals surface area contributed by atoms with E-state index in [1.807, 2.05) is 0 Å². The monoisotopic (exact) mass is 283 g/mol. The van der Waals surface area contributed by atoms with Crippen LogP contribution in [0, 0.1) is 5.92 Å². The first kappa shape index (κ1) is 15.7. The first-order chi connectivity index (χ1) is 9.62. The lowest BCUT2D eigenvalue weighted by Gasteiger charge is -2.40. The molecule has 2 fully saturated rings. The summed E-state index contributed by atoms with van der Waals surface area (Å²) in [5, 5.41) is 3.47. The first-order valence-corrected chi connectivity index (χ1v) is 7.92. The molecule has 1 atom stereocenters. The van der Waals surface area contributed by atoms with Gasteiger partial charge in [0.25, 0.3) is 0 Å². The second-order valence-corrected chi connectivity index (χ2v) is 6.25. The van der Waals surface area contributed by atoms with Gasteiger partial charge in [-0.05, 0) is 44.6 Å². The third-order valence-corrected chi connectivity index (χ3v) is 4.75. The Hall–Kier alpha value is -0.650. The average Bonchev–Trinajstić information content (AvgIpc) is 3.28.